The topological polar surface area (TPSA) is 131 Å². The number of nitrogen functional groups attached to an aromatic ring is 1. The Labute approximate surface area is 188 Å². The molecule has 6 N–H and O–H groups in total. The Morgan fingerprint density at radius 3 is 2.50 bits per heavy atom. The molecule has 0 radical (unpaired) electrons. The third kappa shape index (κ3) is 3.91. The molecular weight excluding hydrogens is 433 g/mol. The zero-order valence-corrected chi connectivity index (χ0v) is 19.0. The van der Waals surface area contributed by atoms with Crippen LogP contribution in [0.5, 0.6) is 0 Å². The van der Waals surface area contributed by atoms with Gasteiger partial charge < -0.3 is 21.7 Å². The number of amides is 1. The minimum Gasteiger partial charge on any atom is -0.396 e. The number of sulfonamides is 1. The Balaban J connectivity index is 1.34. The van der Waals surface area contributed by atoms with Crippen molar-refractivity contribution in [2.45, 2.75) is 73.5 Å². The number of nitrogens with zero attached hydrogens (tertiary/aromatic N) is 1. The number of carbonyl (C=O) groups excluding carboxylic acids is 1. The van der Waals surface area contributed by atoms with E-state index in [2.05, 4.69) is 10.0 Å². The first-order chi connectivity index (χ1) is 15.1. The number of rotatable bonds is 6. The summed E-state index contributed by atoms with van der Waals surface area (Å²) in [6, 6.07) is 3.51. The number of hydrogen-bond acceptors (Lipinski definition) is 6. The predicted molar refractivity (Wildman–Crippen MR) is 118 cm³/mol. The average Bonchev–Trinajstić information content (AvgIpc) is 3.12. The quantitative estimate of drug-likeness (QED) is 0.468. The Morgan fingerprint density at radius 2 is 1.88 bits per heavy atom. The molecule has 10 heteroatoms. The van der Waals surface area contributed by atoms with E-state index < -0.39 is 21.4 Å². The normalized spacial score (nSPS) is 36.1. The molecule has 32 heavy (non-hydrogen) atoms. The van der Waals surface area contributed by atoms with Crippen molar-refractivity contribution < 1.29 is 17.6 Å². The lowest BCUT2D eigenvalue weighted by Crippen LogP contribution is -2.69. The summed E-state index contributed by atoms with van der Waals surface area (Å²) in [5.74, 6) is 0.203. The smallest absolute Gasteiger partial charge is 0.241 e. The van der Waals surface area contributed by atoms with Gasteiger partial charge >= 0.3 is 0 Å². The second-order valence-electron chi connectivity index (χ2n) is 10.5. The van der Waals surface area contributed by atoms with Crippen LogP contribution in [0.4, 0.5) is 10.1 Å². The van der Waals surface area contributed by atoms with Gasteiger partial charge in [0, 0.05) is 17.6 Å². The lowest BCUT2D eigenvalue weighted by atomic mass is 9.50. The minimum absolute atomic E-state index is 0.0159. The zero-order valence-electron chi connectivity index (χ0n) is 18.1. The van der Waals surface area contributed by atoms with Crippen LogP contribution in [0.3, 0.4) is 0 Å². The third-order valence-electron chi connectivity index (χ3n) is 7.92. The van der Waals surface area contributed by atoms with E-state index in [1.54, 1.807) is 4.90 Å². The largest absolute Gasteiger partial charge is 0.396 e. The summed E-state index contributed by atoms with van der Waals surface area (Å²) >= 11 is 0. The van der Waals surface area contributed by atoms with Crippen molar-refractivity contribution in [2.75, 3.05) is 18.8 Å². The summed E-state index contributed by atoms with van der Waals surface area (Å²) in [5.41, 5.74) is 10.7. The van der Waals surface area contributed by atoms with Crippen LogP contribution in [-0.4, -0.2) is 49.6 Å². The molecule has 176 valence electrons. The molecule has 3 atom stereocenters. The second kappa shape index (κ2) is 7.65. The standard InChI is InChI=1S/C22H32FN5O3S/c23-17-4-3-16(7-18(17)24)32(30,31)27-22-10-14-6-15(11-22)9-21(8-14,13-22)26-12-20(29)28-5-1-2-19(28)25/h3-4,7,14-15,19,26-27H,1-2,5-6,8-13,24-25H2/t14?,15?,19-,21?,22?/m0/s1. The molecule has 1 saturated heterocycles. The van der Waals surface area contributed by atoms with Crippen molar-refractivity contribution in [3.05, 3.63) is 24.0 Å². The molecule has 4 bridgehead atoms. The highest BCUT2D eigenvalue weighted by Crippen LogP contribution is 2.57. The van der Waals surface area contributed by atoms with Gasteiger partial charge in [-0.25, -0.2) is 17.5 Å². The van der Waals surface area contributed by atoms with E-state index in [4.69, 9.17) is 11.5 Å². The fourth-order valence-electron chi connectivity index (χ4n) is 7.09. The number of likely N-dealkylation sites (tertiary alicyclic amines) is 1. The van der Waals surface area contributed by atoms with Gasteiger partial charge in [0.05, 0.1) is 23.3 Å². The Bertz CT molecular complexity index is 1020. The highest BCUT2D eigenvalue weighted by Gasteiger charge is 2.58. The van der Waals surface area contributed by atoms with Crippen LogP contribution in [0.2, 0.25) is 0 Å². The van der Waals surface area contributed by atoms with E-state index >= 15 is 0 Å². The second-order valence-corrected chi connectivity index (χ2v) is 12.1. The maximum Gasteiger partial charge on any atom is 0.241 e. The molecule has 2 unspecified atom stereocenters. The first-order valence-electron chi connectivity index (χ1n) is 11.5. The summed E-state index contributed by atoms with van der Waals surface area (Å²) in [4.78, 5) is 14.5. The van der Waals surface area contributed by atoms with Crippen LogP contribution in [-0.2, 0) is 14.8 Å². The fraction of sp³-hybridized carbons (Fsp3) is 0.682. The molecule has 0 aromatic heterocycles. The van der Waals surface area contributed by atoms with E-state index in [1.165, 1.54) is 12.1 Å². The number of hydrogen-bond donors (Lipinski definition) is 4. The van der Waals surface area contributed by atoms with Crippen molar-refractivity contribution in [3.63, 3.8) is 0 Å². The minimum atomic E-state index is -3.86. The van der Waals surface area contributed by atoms with Gasteiger partial charge in [-0.15, -0.1) is 0 Å². The van der Waals surface area contributed by atoms with Crippen LogP contribution >= 0.6 is 0 Å². The molecule has 1 aromatic carbocycles. The van der Waals surface area contributed by atoms with Gasteiger partial charge in [-0.2, -0.15) is 0 Å². The van der Waals surface area contributed by atoms with Crippen molar-refractivity contribution in [2.24, 2.45) is 17.6 Å². The summed E-state index contributed by atoms with van der Waals surface area (Å²) in [5, 5.41) is 3.54. The SMILES string of the molecule is Nc1cc(S(=O)(=O)NC23CC4CC(CC(NCC(=O)N5CCC[C@H]5N)(C4)C2)C3)ccc1F. The number of nitrogens with one attached hydrogen (secondary N) is 2. The molecule has 1 heterocycles. The van der Waals surface area contributed by atoms with E-state index in [0.29, 0.717) is 24.8 Å². The molecule has 1 aliphatic heterocycles. The summed E-state index contributed by atoms with van der Waals surface area (Å²) < 4.78 is 42.9. The van der Waals surface area contributed by atoms with E-state index in [-0.39, 0.29) is 34.7 Å². The van der Waals surface area contributed by atoms with E-state index in [9.17, 15) is 17.6 Å². The van der Waals surface area contributed by atoms with Crippen LogP contribution in [0.1, 0.15) is 51.4 Å². The number of nitrogens with two attached hydrogens (primary N) is 2. The maximum absolute atomic E-state index is 13.6. The van der Waals surface area contributed by atoms with E-state index in [0.717, 1.165) is 51.0 Å². The zero-order chi connectivity index (χ0) is 22.7. The van der Waals surface area contributed by atoms with Crippen molar-refractivity contribution in [3.8, 4) is 0 Å². The van der Waals surface area contributed by atoms with Crippen LogP contribution in [0, 0.1) is 17.7 Å². The summed E-state index contributed by atoms with van der Waals surface area (Å²) in [6.45, 7) is 0.926. The lowest BCUT2D eigenvalue weighted by Gasteiger charge is -2.62. The molecule has 6 rings (SSSR count). The highest BCUT2D eigenvalue weighted by molar-refractivity contribution is 7.89. The number of carbonyl (C=O) groups is 1. The molecule has 5 aliphatic rings. The van der Waals surface area contributed by atoms with E-state index in [1.807, 2.05) is 0 Å². The number of halogens is 1. The van der Waals surface area contributed by atoms with Crippen LogP contribution in [0.25, 0.3) is 0 Å². The third-order valence-corrected chi connectivity index (χ3v) is 9.50. The Hall–Kier alpha value is -1.75. The van der Waals surface area contributed by atoms with Crippen molar-refractivity contribution in [1.82, 2.24) is 14.9 Å². The highest BCUT2D eigenvalue weighted by atomic mass is 32.2. The molecule has 5 fully saturated rings. The molecule has 4 saturated carbocycles. The van der Waals surface area contributed by atoms with Crippen molar-refractivity contribution >= 4 is 21.6 Å². The molecular formula is C22H32FN5O3S. The Kier molecular flexibility index (Phi) is 5.27. The van der Waals surface area contributed by atoms with Gasteiger partial charge in [0.25, 0.3) is 0 Å². The fourth-order valence-corrected chi connectivity index (χ4v) is 8.54. The van der Waals surface area contributed by atoms with Gasteiger partial charge in [0.2, 0.25) is 15.9 Å². The summed E-state index contributed by atoms with van der Waals surface area (Å²) in [7, 11) is -3.86. The van der Waals surface area contributed by atoms with Crippen LogP contribution in [0.15, 0.2) is 23.1 Å². The lowest BCUT2D eigenvalue weighted by molar-refractivity contribution is -0.132. The molecule has 0 spiro atoms. The average molecular weight is 466 g/mol. The van der Waals surface area contributed by atoms with Gasteiger partial charge in [-0.05, 0) is 81.4 Å². The van der Waals surface area contributed by atoms with Gasteiger partial charge in [-0.1, -0.05) is 0 Å². The monoisotopic (exact) mass is 465 g/mol. The van der Waals surface area contributed by atoms with Crippen LogP contribution < -0.4 is 21.5 Å². The number of anilines is 1. The maximum atomic E-state index is 13.6. The first kappa shape index (κ1) is 22.1. The molecule has 1 aromatic rings. The van der Waals surface area contributed by atoms with Crippen molar-refractivity contribution in [1.29, 1.82) is 0 Å². The predicted octanol–water partition coefficient (Wildman–Crippen LogP) is 1.27. The van der Waals surface area contributed by atoms with Gasteiger partial charge in [-0.3, -0.25) is 4.79 Å². The molecule has 8 nitrogen and oxygen atoms in total. The van der Waals surface area contributed by atoms with Gasteiger partial charge in [0.1, 0.15) is 5.82 Å². The Morgan fingerprint density at radius 1 is 1.19 bits per heavy atom. The molecule has 4 aliphatic carbocycles. The van der Waals surface area contributed by atoms with Gasteiger partial charge in [0.15, 0.2) is 0 Å². The molecule has 1 amide bonds. The number of benzene rings is 1. The first-order valence-corrected chi connectivity index (χ1v) is 13.0. The summed E-state index contributed by atoms with van der Waals surface area (Å²) in [6.07, 6.45) is 6.78.